The Bertz CT molecular complexity index is 169. The molecule has 3 nitrogen and oxygen atoms in total. The molecule has 11 heavy (non-hydrogen) atoms. The molecule has 0 aromatic heterocycles. The number of amides is 1. The zero-order chi connectivity index (χ0) is 8.48. The van der Waals surface area contributed by atoms with E-state index in [1.54, 1.807) is 0 Å². The number of primary amides is 1. The maximum absolute atomic E-state index is 10.8. The van der Waals surface area contributed by atoms with E-state index in [1.807, 2.05) is 13.8 Å². The summed E-state index contributed by atoms with van der Waals surface area (Å²) in [6, 6.07) is 0. The van der Waals surface area contributed by atoms with E-state index in [0.717, 1.165) is 12.8 Å². The fraction of sp³-hybridized carbons (Fsp3) is 0.875. The Morgan fingerprint density at radius 3 is 2.64 bits per heavy atom. The van der Waals surface area contributed by atoms with Gasteiger partial charge in [-0.05, 0) is 19.8 Å². The molecule has 1 aliphatic rings. The minimum Gasteiger partial charge on any atom is -0.374 e. The third-order valence-corrected chi connectivity index (χ3v) is 2.40. The van der Waals surface area contributed by atoms with Gasteiger partial charge in [-0.3, -0.25) is 4.79 Å². The molecule has 0 aromatic carbocycles. The van der Waals surface area contributed by atoms with Crippen LogP contribution in [0.2, 0.25) is 0 Å². The molecule has 1 amide bonds. The van der Waals surface area contributed by atoms with Gasteiger partial charge in [0.25, 0.3) is 0 Å². The summed E-state index contributed by atoms with van der Waals surface area (Å²) in [6.07, 6.45) is 1.70. The van der Waals surface area contributed by atoms with Gasteiger partial charge < -0.3 is 10.5 Å². The van der Waals surface area contributed by atoms with Crippen molar-refractivity contribution in [1.29, 1.82) is 0 Å². The van der Waals surface area contributed by atoms with Crippen LogP contribution in [0.25, 0.3) is 0 Å². The predicted octanol–water partition coefficient (Wildman–Crippen LogP) is 0.677. The average molecular weight is 157 g/mol. The van der Waals surface area contributed by atoms with E-state index in [2.05, 4.69) is 0 Å². The number of ether oxygens (including phenoxy) is 1. The second kappa shape index (κ2) is 2.81. The molecule has 0 spiro atoms. The van der Waals surface area contributed by atoms with Crippen molar-refractivity contribution < 1.29 is 9.53 Å². The topological polar surface area (TPSA) is 52.3 Å². The summed E-state index contributed by atoms with van der Waals surface area (Å²) < 4.78 is 5.46. The van der Waals surface area contributed by atoms with E-state index in [1.165, 1.54) is 0 Å². The molecule has 0 aliphatic heterocycles. The second-order valence-electron chi connectivity index (χ2n) is 3.01. The Kier molecular flexibility index (Phi) is 2.18. The third-order valence-electron chi connectivity index (χ3n) is 2.40. The molecule has 0 saturated heterocycles. The lowest BCUT2D eigenvalue weighted by molar-refractivity contribution is -0.121. The fourth-order valence-corrected chi connectivity index (χ4v) is 1.59. The number of hydrogen-bond acceptors (Lipinski definition) is 2. The van der Waals surface area contributed by atoms with Gasteiger partial charge >= 0.3 is 0 Å². The SMILES string of the molecule is CCOC1(CC)CC1C(N)=O. The van der Waals surface area contributed by atoms with Crippen LogP contribution < -0.4 is 5.73 Å². The maximum Gasteiger partial charge on any atom is 0.223 e. The van der Waals surface area contributed by atoms with Crippen molar-refractivity contribution in [1.82, 2.24) is 0 Å². The summed E-state index contributed by atoms with van der Waals surface area (Å²) in [5.41, 5.74) is 4.97. The fourth-order valence-electron chi connectivity index (χ4n) is 1.59. The third kappa shape index (κ3) is 1.38. The van der Waals surface area contributed by atoms with Crippen LogP contribution in [0.15, 0.2) is 0 Å². The summed E-state index contributed by atoms with van der Waals surface area (Å²) in [5.74, 6) is -0.257. The Balaban J connectivity index is 2.49. The maximum atomic E-state index is 10.8. The van der Waals surface area contributed by atoms with E-state index in [4.69, 9.17) is 10.5 Å². The Hall–Kier alpha value is -0.570. The number of rotatable bonds is 4. The van der Waals surface area contributed by atoms with Crippen LogP contribution in [-0.2, 0) is 9.53 Å². The van der Waals surface area contributed by atoms with Gasteiger partial charge in [0.15, 0.2) is 0 Å². The largest absolute Gasteiger partial charge is 0.374 e. The first-order chi connectivity index (χ1) is 5.16. The van der Waals surface area contributed by atoms with Crippen LogP contribution in [0.4, 0.5) is 0 Å². The first kappa shape index (κ1) is 8.53. The van der Waals surface area contributed by atoms with Crippen molar-refractivity contribution in [3.8, 4) is 0 Å². The normalized spacial score (nSPS) is 35.3. The summed E-state index contributed by atoms with van der Waals surface area (Å²) >= 11 is 0. The summed E-state index contributed by atoms with van der Waals surface area (Å²) in [6.45, 7) is 4.63. The van der Waals surface area contributed by atoms with E-state index in [0.29, 0.717) is 6.61 Å². The quantitative estimate of drug-likeness (QED) is 0.652. The van der Waals surface area contributed by atoms with Crippen LogP contribution in [0, 0.1) is 5.92 Å². The zero-order valence-electron chi connectivity index (χ0n) is 7.09. The van der Waals surface area contributed by atoms with Crippen LogP contribution in [0.5, 0.6) is 0 Å². The highest BCUT2D eigenvalue weighted by Crippen LogP contribution is 2.49. The standard InChI is InChI=1S/C8H15NO2/c1-3-8(11-4-2)5-6(8)7(9)10/h6H,3-5H2,1-2H3,(H2,9,10). The second-order valence-corrected chi connectivity index (χ2v) is 3.01. The van der Waals surface area contributed by atoms with E-state index < -0.39 is 0 Å². The summed E-state index contributed by atoms with van der Waals surface area (Å²) in [7, 11) is 0. The van der Waals surface area contributed by atoms with Gasteiger partial charge in [0.1, 0.15) is 0 Å². The van der Waals surface area contributed by atoms with Crippen LogP contribution in [0.1, 0.15) is 26.7 Å². The highest BCUT2D eigenvalue weighted by molar-refractivity contribution is 5.81. The molecule has 1 aliphatic carbocycles. The first-order valence-corrected chi connectivity index (χ1v) is 4.09. The molecule has 2 N–H and O–H groups in total. The zero-order valence-corrected chi connectivity index (χ0v) is 7.09. The van der Waals surface area contributed by atoms with E-state index >= 15 is 0 Å². The van der Waals surface area contributed by atoms with Crippen LogP contribution in [-0.4, -0.2) is 18.1 Å². The van der Waals surface area contributed by atoms with Crippen molar-refractivity contribution in [2.24, 2.45) is 11.7 Å². The van der Waals surface area contributed by atoms with Gasteiger partial charge in [-0.25, -0.2) is 0 Å². The van der Waals surface area contributed by atoms with Gasteiger partial charge in [0, 0.05) is 6.61 Å². The monoisotopic (exact) mass is 157 g/mol. The van der Waals surface area contributed by atoms with Crippen molar-refractivity contribution in [2.45, 2.75) is 32.3 Å². The first-order valence-electron chi connectivity index (χ1n) is 4.09. The van der Waals surface area contributed by atoms with Crippen molar-refractivity contribution in [3.63, 3.8) is 0 Å². The molecule has 64 valence electrons. The highest BCUT2D eigenvalue weighted by Gasteiger charge is 2.57. The molecule has 3 heteroatoms. The summed E-state index contributed by atoms with van der Waals surface area (Å²) in [4.78, 5) is 10.8. The molecule has 0 aromatic rings. The minimum atomic E-state index is -0.222. The molecule has 2 atom stereocenters. The molecule has 2 unspecified atom stereocenters. The molecule has 1 fully saturated rings. The van der Waals surface area contributed by atoms with E-state index in [9.17, 15) is 4.79 Å². The molecule has 0 heterocycles. The number of carbonyl (C=O) groups is 1. The lowest BCUT2D eigenvalue weighted by Gasteiger charge is -2.13. The molecule has 1 saturated carbocycles. The van der Waals surface area contributed by atoms with Gasteiger partial charge in [-0.1, -0.05) is 6.92 Å². The van der Waals surface area contributed by atoms with Gasteiger partial charge in [0.2, 0.25) is 5.91 Å². The smallest absolute Gasteiger partial charge is 0.223 e. The van der Waals surface area contributed by atoms with Gasteiger partial charge in [-0.15, -0.1) is 0 Å². The lowest BCUT2D eigenvalue weighted by Crippen LogP contribution is -2.24. The molecule has 1 rings (SSSR count). The summed E-state index contributed by atoms with van der Waals surface area (Å²) in [5, 5.41) is 0. The Morgan fingerprint density at radius 2 is 2.36 bits per heavy atom. The highest BCUT2D eigenvalue weighted by atomic mass is 16.5. The van der Waals surface area contributed by atoms with Gasteiger partial charge in [0.05, 0.1) is 11.5 Å². The number of carbonyl (C=O) groups excluding carboxylic acids is 1. The molecule has 0 radical (unpaired) electrons. The Morgan fingerprint density at radius 1 is 1.73 bits per heavy atom. The van der Waals surface area contributed by atoms with Crippen molar-refractivity contribution in [3.05, 3.63) is 0 Å². The number of nitrogens with two attached hydrogens (primary N) is 1. The van der Waals surface area contributed by atoms with Crippen LogP contribution >= 0.6 is 0 Å². The predicted molar refractivity (Wildman–Crippen MR) is 41.9 cm³/mol. The Labute approximate surface area is 66.9 Å². The van der Waals surface area contributed by atoms with Crippen molar-refractivity contribution in [2.75, 3.05) is 6.61 Å². The average Bonchev–Trinajstić information content (AvgIpc) is 2.65. The van der Waals surface area contributed by atoms with Crippen molar-refractivity contribution >= 4 is 5.91 Å². The molecular formula is C8H15NO2. The lowest BCUT2D eigenvalue weighted by atomic mass is 10.2. The van der Waals surface area contributed by atoms with Crippen LogP contribution in [0.3, 0.4) is 0 Å². The number of hydrogen-bond donors (Lipinski definition) is 1. The molecular weight excluding hydrogens is 142 g/mol. The minimum absolute atomic E-state index is 0.0348. The molecule has 0 bridgehead atoms. The van der Waals surface area contributed by atoms with E-state index in [-0.39, 0.29) is 17.4 Å². The van der Waals surface area contributed by atoms with Gasteiger partial charge in [-0.2, -0.15) is 0 Å².